The lowest BCUT2D eigenvalue weighted by molar-refractivity contribution is -0.115. The summed E-state index contributed by atoms with van der Waals surface area (Å²) in [4.78, 5) is 22.1. The molecule has 3 heterocycles. The molecule has 1 amide bonds. The van der Waals surface area contributed by atoms with Gasteiger partial charge in [-0.3, -0.25) is 19.2 Å². The molecule has 0 aliphatic heterocycles. The van der Waals surface area contributed by atoms with Gasteiger partial charge in [0.05, 0.1) is 11.4 Å². The largest absolute Gasteiger partial charge is 0.298 e. The van der Waals surface area contributed by atoms with E-state index in [-0.39, 0.29) is 11.6 Å². The third-order valence-electron chi connectivity index (χ3n) is 4.46. The minimum atomic E-state index is -0.477. The van der Waals surface area contributed by atoms with Crippen LogP contribution in [0.4, 0.5) is 15.2 Å². The summed E-state index contributed by atoms with van der Waals surface area (Å²) in [6, 6.07) is 9.91. The van der Waals surface area contributed by atoms with Crippen LogP contribution in [0.5, 0.6) is 0 Å². The fourth-order valence-corrected chi connectivity index (χ4v) is 4.87. The smallest absolute Gasteiger partial charge is 0.230 e. The molecule has 0 bridgehead atoms. The van der Waals surface area contributed by atoms with Gasteiger partial charge in [-0.15, -0.1) is 28.1 Å². The summed E-state index contributed by atoms with van der Waals surface area (Å²) in [5, 5.41) is 11.7. The molecule has 0 aliphatic rings. The zero-order valence-electron chi connectivity index (χ0n) is 17.2. The van der Waals surface area contributed by atoms with E-state index in [1.165, 1.54) is 41.0 Å². The lowest BCUT2D eigenvalue weighted by Gasteiger charge is -2.18. The van der Waals surface area contributed by atoms with Crippen molar-refractivity contribution in [2.45, 2.75) is 24.4 Å². The van der Waals surface area contributed by atoms with Crippen molar-refractivity contribution in [1.29, 1.82) is 0 Å². The van der Waals surface area contributed by atoms with Gasteiger partial charge in [0.25, 0.3) is 0 Å². The van der Waals surface area contributed by atoms with Gasteiger partial charge >= 0.3 is 0 Å². The van der Waals surface area contributed by atoms with Crippen molar-refractivity contribution in [3.63, 3.8) is 0 Å². The molecule has 7 nitrogen and oxygen atoms in total. The highest BCUT2D eigenvalue weighted by atomic mass is 32.2. The minimum absolute atomic E-state index is 0.182. The van der Waals surface area contributed by atoms with Gasteiger partial charge in [-0.05, 0) is 24.3 Å². The number of hydrogen-bond acceptors (Lipinski definition) is 7. The molecule has 162 valence electrons. The predicted molar refractivity (Wildman–Crippen MR) is 124 cm³/mol. The van der Waals surface area contributed by atoms with Crippen molar-refractivity contribution in [3.8, 4) is 11.4 Å². The van der Waals surface area contributed by atoms with Crippen molar-refractivity contribution in [2.24, 2.45) is 0 Å². The topological polar surface area (TPSA) is 76.8 Å². The molecule has 4 rings (SSSR count). The molecule has 10 heteroatoms. The number of pyridine rings is 1. The van der Waals surface area contributed by atoms with E-state index < -0.39 is 5.82 Å². The fraction of sp³-hybridized carbons (Fsp3) is 0.136. The Morgan fingerprint density at radius 2 is 2.03 bits per heavy atom. The molecular weight excluding hydrogens is 447 g/mol. The van der Waals surface area contributed by atoms with E-state index in [1.807, 2.05) is 22.1 Å². The summed E-state index contributed by atoms with van der Waals surface area (Å²) in [5.41, 5.74) is 1.86. The Hall–Kier alpha value is -3.37. The number of aromatic nitrogens is 5. The molecule has 0 radical (unpaired) electrons. The molecule has 0 spiro atoms. The zero-order chi connectivity index (χ0) is 22.5. The number of carbonyl (C=O) groups is 1. The fourth-order valence-electron chi connectivity index (χ4n) is 3.05. The molecule has 1 aromatic carbocycles. The van der Waals surface area contributed by atoms with Crippen LogP contribution in [0.3, 0.4) is 0 Å². The molecule has 0 unspecified atom stereocenters. The average molecular weight is 467 g/mol. The molecule has 32 heavy (non-hydrogen) atoms. The van der Waals surface area contributed by atoms with Gasteiger partial charge in [0.15, 0.2) is 16.1 Å². The Balaban J connectivity index is 1.55. The summed E-state index contributed by atoms with van der Waals surface area (Å²) in [6.07, 6.45) is 5.21. The highest BCUT2D eigenvalue weighted by Gasteiger charge is 2.21. The molecular formula is C22H19FN6OS2. The Labute approximate surface area is 192 Å². The van der Waals surface area contributed by atoms with Gasteiger partial charge in [0.1, 0.15) is 5.82 Å². The van der Waals surface area contributed by atoms with Gasteiger partial charge in [-0.1, -0.05) is 30.0 Å². The van der Waals surface area contributed by atoms with Gasteiger partial charge in [0.2, 0.25) is 5.91 Å². The predicted octanol–water partition coefficient (Wildman–Crippen LogP) is 5.10. The number of carbonyl (C=O) groups excluding carboxylic acids is 1. The summed E-state index contributed by atoms with van der Waals surface area (Å²) in [6.45, 7) is 5.77. The first-order valence-corrected chi connectivity index (χ1v) is 11.5. The second-order valence-electron chi connectivity index (χ2n) is 6.66. The summed E-state index contributed by atoms with van der Waals surface area (Å²) < 4.78 is 16.2. The van der Waals surface area contributed by atoms with Crippen LogP contribution in [0.25, 0.3) is 11.4 Å². The lowest BCUT2D eigenvalue weighted by Crippen LogP contribution is -2.23. The number of halogens is 1. The standard InChI is InChI=1S/C22H19FN6OS2/c1-3-12-28-20(16-8-10-24-11-9-16)26-27-22(28)32-14-17-13-31-21(25-17)29(15(2)30)19-7-5-4-6-18(19)23/h3-11,13H,1,12,14H2,2H3. The van der Waals surface area contributed by atoms with Crippen LogP contribution in [-0.2, 0) is 17.1 Å². The number of thiazole rings is 1. The Kier molecular flexibility index (Phi) is 6.72. The average Bonchev–Trinajstić information content (AvgIpc) is 3.42. The Morgan fingerprint density at radius 1 is 1.25 bits per heavy atom. The SMILES string of the molecule is C=CCn1c(SCc2csc(N(C(C)=O)c3ccccc3F)n2)nnc1-c1ccncc1. The van der Waals surface area contributed by atoms with Gasteiger partial charge < -0.3 is 0 Å². The number of thioether (sulfide) groups is 1. The van der Waals surface area contributed by atoms with E-state index in [4.69, 9.17) is 0 Å². The van der Waals surface area contributed by atoms with Crippen LogP contribution in [-0.4, -0.2) is 30.6 Å². The van der Waals surface area contributed by atoms with Crippen molar-refractivity contribution < 1.29 is 9.18 Å². The molecule has 0 fully saturated rings. The lowest BCUT2D eigenvalue weighted by atomic mass is 10.2. The Bertz CT molecular complexity index is 1240. The monoisotopic (exact) mass is 466 g/mol. The van der Waals surface area contributed by atoms with Crippen molar-refractivity contribution in [3.05, 3.63) is 78.3 Å². The summed E-state index contributed by atoms with van der Waals surface area (Å²) in [7, 11) is 0. The number of allylic oxidation sites excluding steroid dienone is 1. The van der Waals surface area contributed by atoms with E-state index in [1.54, 1.807) is 36.7 Å². The Morgan fingerprint density at radius 3 is 2.75 bits per heavy atom. The molecule has 0 saturated heterocycles. The molecule has 0 saturated carbocycles. The number of anilines is 2. The van der Waals surface area contributed by atoms with E-state index in [9.17, 15) is 9.18 Å². The van der Waals surface area contributed by atoms with Crippen LogP contribution in [0, 0.1) is 5.82 Å². The van der Waals surface area contributed by atoms with Crippen LogP contribution in [0.15, 0.2) is 72.0 Å². The summed E-state index contributed by atoms with van der Waals surface area (Å²) in [5.74, 6) is 0.466. The van der Waals surface area contributed by atoms with E-state index in [2.05, 4.69) is 26.7 Å². The molecule has 0 atom stereocenters. The maximum atomic E-state index is 14.3. The maximum absolute atomic E-state index is 14.3. The van der Waals surface area contributed by atoms with Gasteiger partial charge in [0, 0.05) is 42.6 Å². The van der Waals surface area contributed by atoms with Crippen molar-refractivity contribution in [2.75, 3.05) is 4.90 Å². The first kappa shape index (κ1) is 21.8. The number of benzene rings is 1. The number of para-hydroxylation sites is 1. The first-order valence-electron chi connectivity index (χ1n) is 9.65. The first-order chi connectivity index (χ1) is 15.6. The molecule has 3 aromatic heterocycles. The van der Waals surface area contributed by atoms with E-state index >= 15 is 0 Å². The highest BCUT2D eigenvalue weighted by molar-refractivity contribution is 7.98. The van der Waals surface area contributed by atoms with Crippen LogP contribution < -0.4 is 4.90 Å². The zero-order valence-corrected chi connectivity index (χ0v) is 18.8. The molecule has 0 aliphatic carbocycles. The normalized spacial score (nSPS) is 10.8. The van der Waals surface area contributed by atoms with Crippen molar-refractivity contribution in [1.82, 2.24) is 24.7 Å². The van der Waals surface area contributed by atoms with Crippen molar-refractivity contribution >= 4 is 39.8 Å². The number of amides is 1. The van der Waals surface area contributed by atoms with Crippen LogP contribution in [0.2, 0.25) is 0 Å². The van der Waals surface area contributed by atoms with E-state index in [0.717, 1.165) is 22.2 Å². The summed E-state index contributed by atoms with van der Waals surface area (Å²) >= 11 is 2.77. The third-order valence-corrected chi connectivity index (χ3v) is 6.33. The second-order valence-corrected chi connectivity index (χ2v) is 8.44. The highest BCUT2D eigenvalue weighted by Crippen LogP contribution is 2.33. The maximum Gasteiger partial charge on any atom is 0.230 e. The third kappa shape index (κ3) is 4.61. The van der Waals surface area contributed by atoms with E-state index in [0.29, 0.717) is 17.4 Å². The quantitative estimate of drug-likeness (QED) is 0.266. The molecule has 4 aromatic rings. The molecule has 0 N–H and O–H groups in total. The van der Waals surface area contributed by atoms with Gasteiger partial charge in [-0.25, -0.2) is 9.37 Å². The second kappa shape index (κ2) is 9.84. The number of rotatable bonds is 8. The van der Waals surface area contributed by atoms with Gasteiger partial charge in [-0.2, -0.15) is 0 Å². The van der Waals surface area contributed by atoms with Crippen LogP contribution in [0.1, 0.15) is 12.6 Å². The number of hydrogen-bond donors (Lipinski definition) is 0. The number of nitrogens with zero attached hydrogens (tertiary/aromatic N) is 6. The minimum Gasteiger partial charge on any atom is -0.298 e. The van der Waals surface area contributed by atoms with Crippen LogP contribution >= 0.6 is 23.1 Å².